The van der Waals surface area contributed by atoms with Crippen molar-refractivity contribution in [3.63, 3.8) is 0 Å². The van der Waals surface area contributed by atoms with Crippen LogP contribution in [-0.4, -0.2) is 9.55 Å². The van der Waals surface area contributed by atoms with E-state index in [1.54, 1.807) is 0 Å². The molecule has 2 rings (SSSR count). The molecule has 1 aromatic heterocycles. The quantitative estimate of drug-likeness (QED) is 0.814. The van der Waals surface area contributed by atoms with Crippen LogP contribution in [0.2, 0.25) is 0 Å². The summed E-state index contributed by atoms with van der Waals surface area (Å²) in [5.41, 5.74) is 6.31. The maximum Gasteiger partial charge on any atom is 0.125 e. The summed E-state index contributed by atoms with van der Waals surface area (Å²) in [4.78, 5) is 4.41. The summed E-state index contributed by atoms with van der Waals surface area (Å²) in [5.74, 6) is 1.88. The minimum atomic E-state index is 0.119. The number of rotatable bonds is 4. The van der Waals surface area contributed by atoms with Gasteiger partial charge >= 0.3 is 0 Å². The van der Waals surface area contributed by atoms with Crippen molar-refractivity contribution in [3.05, 3.63) is 18.2 Å². The summed E-state index contributed by atoms with van der Waals surface area (Å²) < 4.78 is 2.17. The fraction of sp³-hybridized carbons (Fsp3) is 0.786. The maximum atomic E-state index is 6.31. The van der Waals surface area contributed by atoms with Crippen molar-refractivity contribution >= 4 is 0 Å². The fourth-order valence-corrected chi connectivity index (χ4v) is 2.98. The lowest BCUT2D eigenvalue weighted by Gasteiger charge is -2.19. The van der Waals surface area contributed by atoms with Crippen molar-refractivity contribution in [2.45, 2.75) is 64.5 Å². The molecule has 1 fully saturated rings. The maximum absolute atomic E-state index is 6.31. The Morgan fingerprint density at radius 3 is 2.71 bits per heavy atom. The third-order valence-electron chi connectivity index (χ3n) is 3.98. The molecule has 1 aliphatic rings. The van der Waals surface area contributed by atoms with E-state index in [0.717, 1.165) is 24.7 Å². The van der Waals surface area contributed by atoms with Crippen molar-refractivity contribution in [3.8, 4) is 0 Å². The lowest BCUT2D eigenvalue weighted by molar-refractivity contribution is 0.380. The smallest absolute Gasteiger partial charge is 0.125 e. The number of imidazole rings is 1. The average Bonchev–Trinajstić information content (AvgIpc) is 2.68. The molecule has 0 aliphatic heterocycles. The molecule has 1 aromatic rings. The van der Waals surface area contributed by atoms with E-state index >= 15 is 0 Å². The summed E-state index contributed by atoms with van der Waals surface area (Å²) in [7, 11) is 0. The first-order chi connectivity index (χ1) is 8.31. The van der Waals surface area contributed by atoms with E-state index in [1.807, 2.05) is 12.4 Å². The number of nitrogens with zero attached hydrogens (tertiary/aromatic N) is 2. The molecular weight excluding hydrogens is 210 g/mol. The molecule has 3 heteroatoms. The lowest BCUT2D eigenvalue weighted by atomic mass is 9.92. The molecule has 1 saturated carbocycles. The highest BCUT2D eigenvalue weighted by molar-refractivity contribution is 4.98. The van der Waals surface area contributed by atoms with Crippen LogP contribution >= 0.6 is 0 Å². The summed E-state index contributed by atoms with van der Waals surface area (Å²) in [6.45, 7) is 3.11. The van der Waals surface area contributed by atoms with Crippen molar-refractivity contribution in [1.82, 2.24) is 9.55 Å². The van der Waals surface area contributed by atoms with Gasteiger partial charge in [-0.15, -0.1) is 0 Å². The van der Waals surface area contributed by atoms with Crippen molar-refractivity contribution in [1.29, 1.82) is 0 Å². The van der Waals surface area contributed by atoms with Crippen molar-refractivity contribution < 1.29 is 0 Å². The van der Waals surface area contributed by atoms with Crippen LogP contribution in [0.5, 0.6) is 0 Å². The molecule has 1 atom stereocenters. The first-order valence-corrected chi connectivity index (χ1v) is 7.08. The zero-order valence-electron chi connectivity index (χ0n) is 10.9. The van der Waals surface area contributed by atoms with Crippen LogP contribution < -0.4 is 5.73 Å². The van der Waals surface area contributed by atoms with Crippen molar-refractivity contribution in [2.75, 3.05) is 0 Å². The summed E-state index contributed by atoms with van der Waals surface area (Å²) in [5, 5.41) is 0. The Bertz CT molecular complexity index is 324. The second-order valence-electron chi connectivity index (χ2n) is 5.27. The van der Waals surface area contributed by atoms with Crippen LogP contribution in [0, 0.1) is 5.92 Å². The third-order valence-corrected chi connectivity index (χ3v) is 3.98. The number of hydrogen-bond donors (Lipinski definition) is 1. The second-order valence-corrected chi connectivity index (χ2v) is 5.27. The van der Waals surface area contributed by atoms with E-state index in [4.69, 9.17) is 5.73 Å². The molecular formula is C14H25N3. The molecule has 0 spiro atoms. The van der Waals surface area contributed by atoms with Gasteiger partial charge in [-0.05, 0) is 19.3 Å². The van der Waals surface area contributed by atoms with Crippen molar-refractivity contribution in [2.24, 2.45) is 11.7 Å². The molecule has 0 amide bonds. The Labute approximate surface area is 104 Å². The number of hydrogen-bond acceptors (Lipinski definition) is 2. The van der Waals surface area contributed by atoms with Gasteiger partial charge in [0.15, 0.2) is 0 Å². The Morgan fingerprint density at radius 1 is 1.35 bits per heavy atom. The second kappa shape index (κ2) is 6.20. The molecule has 1 heterocycles. The minimum absolute atomic E-state index is 0.119. The molecule has 0 saturated heterocycles. The van der Waals surface area contributed by atoms with E-state index in [9.17, 15) is 0 Å². The van der Waals surface area contributed by atoms with Crippen LogP contribution in [0.3, 0.4) is 0 Å². The van der Waals surface area contributed by atoms with Gasteiger partial charge in [0.25, 0.3) is 0 Å². The van der Waals surface area contributed by atoms with E-state index in [-0.39, 0.29) is 6.04 Å². The van der Waals surface area contributed by atoms with Gasteiger partial charge in [-0.25, -0.2) is 4.98 Å². The van der Waals surface area contributed by atoms with Crippen LogP contribution in [0.25, 0.3) is 0 Å². The summed E-state index contributed by atoms with van der Waals surface area (Å²) >= 11 is 0. The van der Waals surface area contributed by atoms with E-state index < -0.39 is 0 Å². The molecule has 0 aromatic carbocycles. The predicted octanol–water partition coefficient (Wildman–Crippen LogP) is 3.26. The SMILES string of the molecule is CCn1ccnc1C(N)CC1CCCCCC1. The highest BCUT2D eigenvalue weighted by Crippen LogP contribution is 2.29. The Morgan fingerprint density at radius 2 is 2.06 bits per heavy atom. The molecule has 0 bridgehead atoms. The number of nitrogens with two attached hydrogens (primary N) is 1. The first-order valence-electron chi connectivity index (χ1n) is 7.08. The van der Waals surface area contributed by atoms with E-state index in [1.165, 1.54) is 38.5 Å². The normalized spacial score (nSPS) is 20.1. The topological polar surface area (TPSA) is 43.8 Å². The first kappa shape index (κ1) is 12.6. The van der Waals surface area contributed by atoms with Crippen LogP contribution in [0.1, 0.15) is 63.7 Å². The van der Waals surface area contributed by atoms with Gasteiger partial charge < -0.3 is 10.3 Å². The van der Waals surface area contributed by atoms with Gasteiger partial charge in [0, 0.05) is 18.9 Å². The van der Waals surface area contributed by atoms with Gasteiger partial charge in [-0.1, -0.05) is 38.5 Å². The summed E-state index contributed by atoms with van der Waals surface area (Å²) in [6.07, 6.45) is 13.3. The molecule has 1 aliphatic carbocycles. The fourth-order valence-electron chi connectivity index (χ4n) is 2.98. The third kappa shape index (κ3) is 3.32. The van der Waals surface area contributed by atoms with E-state index in [2.05, 4.69) is 16.5 Å². The average molecular weight is 235 g/mol. The monoisotopic (exact) mass is 235 g/mol. The molecule has 2 N–H and O–H groups in total. The zero-order chi connectivity index (χ0) is 12.1. The van der Waals surface area contributed by atoms with E-state index in [0.29, 0.717) is 0 Å². The molecule has 1 unspecified atom stereocenters. The number of aromatic nitrogens is 2. The standard InChI is InChI=1S/C14H25N3/c1-2-17-10-9-16-14(17)13(15)11-12-7-5-3-4-6-8-12/h9-10,12-13H,2-8,11,15H2,1H3. The Kier molecular flexibility index (Phi) is 4.60. The van der Waals surface area contributed by atoms with Crippen LogP contribution in [0.15, 0.2) is 12.4 Å². The summed E-state index contributed by atoms with van der Waals surface area (Å²) in [6, 6.07) is 0.119. The molecule has 3 nitrogen and oxygen atoms in total. The Balaban J connectivity index is 1.93. The van der Waals surface area contributed by atoms with Gasteiger partial charge in [0.2, 0.25) is 0 Å². The lowest BCUT2D eigenvalue weighted by Crippen LogP contribution is -2.19. The van der Waals surface area contributed by atoms with Crippen LogP contribution in [0.4, 0.5) is 0 Å². The highest BCUT2D eigenvalue weighted by atomic mass is 15.1. The van der Waals surface area contributed by atoms with Gasteiger partial charge in [0.1, 0.15) is 5.82 Å². The predicted molar refractivity (Wildman–Crippen MR) is 70.6 cm³/mol. The molecule has 0 radical (unpaired) electrons. The van der Waals surface area contributed by atoms with Gasteiger partial charge in [0.05, 0.1) is 6.04 Å². The molecule has 17 heavy (non-hydrogen) atoms. The van der Waals surface area contributed by atoms with Gasteiger partial charge in [-0.2, -0.15) is 0 Å². The highest BCUT2D eigenvalue weighted by Gasteiger charge is 2.19. The zero-order valence-corrected chi connectivity index (χ0v) is 10.9. The van der Waals surface area contributed by atoms with Gasteiger partial charge in [-0.3, -0.25) is 0 Å². The molecule has 96 valence electrons. The van der Waals surface area contributed by atoms with Crippen LogP contribution in [-0.2, 0) is 6.54 Å². The minimum Gasteiger partial charge on any atom is -0.334 e. The number of aryl methyl sites for hydroxylation is 1. The Hall–Kier alpha value is -0.830. The largest absolute Gasteiger partial charge is 0.334 e.